The summed E-state index contributed by atoms with van der Waals surface area (Å²) < 4.78 is 11.0. The van der Waals surface area contributed by atoms with Crippen LogP contribution in [-0.4, -0.2) is 25.2 Å². The van der Waals surface area contributed by atoms with Gasteiger partial charge >= 0.3 is 11.9 Å². The molecule has 0 spiro atoms. The zero-order valence-corrected chi connectivity index (χ0v) is 17.4. The first-order chi connectivity index (χ1) is 11.8. The molecule has 0 unspecified atom stereocenters. The first kappa shape index (κ1) is 23.9. The number of unbranched alkanes of at least 4 members (excludes halogenated alkanes) is 2. The minimum absolute atomic E-state index is 0.0168. The van der Waals surface area contributed by atoms with Crippen LogP contribution in [0.1, 0.15) is 92.9 Å². The smallest absolute Gasteiger partial charge is 0.308 e. The summed E-state index contributed by atoms with van der Waals surface area (Å²) in [6, 6.07) is 0. The molecule has 0 saturated carbocycles. The molecule has 2 atom stereocenters. The van der Waals surface area contributed by atoms with Gasteiger partial charge in [0.05, 0.1) is 25.0 Å². The molecule has 25 heavy (non-hydrogen) atoms. The van der Waals surface area contributed by atoms with Gasteiger partial charge in [0.2, 0.25) is 0 Å². The summed E-state index contributed by atoms with van der Waals surface area (Å²) in [7, 11) is 0. The van der Waals surface area contributed by atoms with Crippen molar-refractivity contribution in [3.63, 3.8) is 0 Å². The van der Waals surface area contributed by atoms with Crippen molar-refractivity contribution in [2.24, 2.45) is 17.3 Å². The maximum Gasteiger partial charge on any atom is 0.308 e. The molecule has 0 saturated heterocycles. The molecule has 0 bridgehead atoms. The fourth-order valence-electron chi connectivity index (χ4n) is 2.69. The zero-order valence-electron chi connectivity index (χ0n) is 17.4. The number of hydrogen-bond donors (Lipinski definition) is 0. The van der Waals surface area contributed by atoms with Crippen LogP contribution in [0.3, 0.4) is 0 Å². The second-order valence-electron chi connectivity index (χ2n) is 7.87. The third kappa shape index (κ3) is 10.5. The third-order valence-electron chi connectivity index (χ3n) is 4.67. The summed E-state index contributed by atoms with van der Waals surface area (Å²) in [6.45, 7) is 12.8. The Balaban J connectivity index is 4.34. The van der Waals surface area contributed by atoms with E-state index in [-0.39, 0.29) is 42.4 Å². The van der Waals surface area contributed by atoms with E-state index in [1.54, 1.807) is 0 Å². The average Bonchev–Trinajstić information content (AvgIpc) is 2.59. The molecule has 0 N–H and O–H groups in total. The molecule has 0 aliphatic carbocycles. The van der Waals surface area contributed by atoms with Gasteiger partial charge in [-0.3, -0.25) is 9.59 Å². The summed E-state index contributed by atoms with van der Waals surface area (Å²) in [6.07, 6.45) is 7.65. The maximum absolute atomic E-state index is 12.2. The second-order valence-corrected chi connectivity index (χ2v) is 7.87. The van der Waals surface area contributed by atoms with Crippen LogP contribution in [0.4, 0.5) is 0 Å². The number of ether oxygens (including phenoxy) is 2. The van der Waals surface area contributed by atoms with Crippen LogP contribution in [0, 0.1) is 17.3 Å². The normalized spacial score (nSPS) is 14.0. The fourth-order valence-corrected chi connectivity index (χ4v) is 2.69. The Kier molecular flexibility index (Phi) is 12.6. The first-order valence-electron chi connectivity index (χ1n) is 10.1. The van der Waals surface area contributed by atoms with E-state index in [9.17, 15) is 9.59 Å². The molecule has 4 nitrogen and oxygen atoms in total. The standard InChI is InChI=1S/C21H40O4/c1-7-11-13-17(9-3)19(22)24-15-21(5,6)16-25-20(23)18(10-4)14-12-8-2/h17-18H,7-16H2,1-6H3/t17-,18-/m0/s1. The highest BCUT2D eigenvalue weighted by molar-refractivity contribution is 5.73. The van der Waals surface area contributed by atoms with Gasteiger partial charge in [-0.05, 0) is 25.7 Å². The Bertz CT molecular complexity index is 342. The summed E-state index contributed by atoms with van der Waals surface area (Å²) in [5, 5.41) is 0. The van der Waals surface area contributed by atoms with Gasteiger partial charge in [-0.2, -0.15) is 0 Å². The largest absolute Gasteiger partial charge is 0.465 e. The van der Waals surface area contributed by atoms with Crippen molar-refractivity contribution >= 4 is 11.9 Å². The minimum Gasteiger partial charge on any atom is -0.465 e. The zero-order chi connectivity index (χ0) is 19.3. The van der Waals surface area contributed by atoms with Crippen LogP contribution >= 0.6 is 0 Å². The van der Waals surface area contributed by atoms with Crippen molar-refractivity contribution in [3.8, 4) is 0 Å². The van der Waals surface area contributed by atoms with Crippen molar-refractivity contribution < 1.29 is 19.1 Å². The molecule has 0 aromatic rings. The van der Waals surface area contributed by atoms with E-state index >= 15 is 0 Å². The van der Waals surface area contributed by atoms with Crippen LogP contribution in [0.2, 0.25) is 0 Å². The second kappa shape index (κ2) is 13.2. The molecule has 0 fully saturated rings. The lowest BCUT2D eigenvalue weighted by Crippen LogP contribution is -2.31. The summed E-state index contributed by atoms with van der Waals surface area (Å²) in [4.78, 5) is 24.4. The molecule has 0 amide bonds. The van der Waals surface area contributed by atoms with E-state index < -0.39 is 0 Å². The van der Waals surface area contributed by atoms with Crippen molar-refractivity contribution in [2.45, 2.75) is 92.9 Å². The van der Waals surface area contributed by atoms with E-state index in [2.05, 4.69) is 13.8 Å². The molecular formula is C21H40O4. The van der Waals surface area contributed by atoms with Crippen molar-refractivity contribution in [2.75, 3.05) is 13.2 Å². The highest BCUT2D eigenvalue weighted by atomic mass is 16.5. The number of hydrogen-bond acceptors (Lipinski definition) is 4. The monoisotopic (exact) mass is 356 g/mol. The van der Waals surface area contributed by atoms with Gasteiger partial charge in [-0.1, -0.05) is 67.2 Å². The average molecular weight is 357 g/mol. The number of esters is 2. The molecule has 0 aliphatic rings. The van der Waals surface area contributed by atoms with E-state index in [0.29, 0.717) is 0 Å². The lowest BCUT2D eigenvalue weighted by Gasteiger charge is -2.26. The van der Waals surface area contributed by atoms with Gasteiger partial charge in [0.15, 0.2) is 0 Å². The van der Waals surface area contributed by atoms with Gasteiger partial charge in [0, 0.05) is 5.41 Å². The van der Waals surface area contributed by atoms with E-state index in [1.807, 2.05) is 27.7 Å². The minimum atomic E-state index is -0.364. The molecule has 0 aliphatic heterocycles. The van der Waals surface area contributed by atoms with Gasteiger partial charge in [0.1, 0.15) is 0 Å². The Morgan fingerprint density at radius 1 is 0.760 bits per heavy atom. The topological polar surface area (TPSA) is 52.6 Å². The van der Waals surface area contributed by atoms with Crippen LogP contribution in [0.15, 0.2) is 0 Å². The molecular weight excluding hydrogens is 316 g/mol. The number of carbonyl (C=O) groups excluding carboxylic acids is 2. The molecule has 0 radical (unpaired) electrons. The lowest BCUT2D eigenvalue weighted by atomic mass is 9.95. The fraction of sp³-hybridized carbons (Fsp3) is 0.905. The van der Waals surface area contributed by atoms with E-state index in [1.165, 1.54) is 0 Å². The Morgan fingerprint density at radius 3 is 1.40 bits per heavy atom. The summed E-state index contributed by atoms with van der Waals surface area (Å²) >= 11 is 0. The molecule has 148 valence electrons. The summed E-state index contributed by atoms with van der Waals surface area (Å²) in [5.41, 5.74) is -0.364. The SMILES string of the molecule is CCCC[C@H](CC)C(=O)OCC(C)(C)COC(=O)[C@@H](CC)CCCC. The molecule has 0 heterocycles. The van der Waals surface area contributed by atoms with E-state index in [0.717, 1.165) is 51.4 Å². The van der Waals surface area contributed by atoms with Crippen LogP contribution in [-0.2, 0) is 19.1 Å². The Labute approximate surface area is 155 Å². The molecule has 0 aromatic carbocycles. The molecule has 4 heteroatoms. The molecule has 0 aromatic heterocycles. The van der Waals surface area contributed by atoms with Gasteiger partial charge in [0.25, 0.3) is 0 Å². The van der Waals surface area contributed by atoms with Crippen LogP contribution in [0.25, 0.3) is 0 Å². The number of carbonyl (C=O) groups is 2. The van der Waals surface area contributed by atoms with Crippen molar-refractivity contribution in [3.05, 3.63) is 0 Å². The first-order valence-corrected chi connectivity index (χ1v) is 10.1. The number of rotatable bonds is 14. The Morgan fingerprint density at radius 2 is 1.12 bits per heavy atom. The highest BCUT2D eigenvalue weighted by Gasteiger charge is 2.27. The van der Waals surface area contributed by atoms with Crippen LogP contribution < -0.4 is 0 Å². The Hall–Kier alpha value is -1.06. The quantitative estimate of drug-likeness (QED) is 0.384. The maximum atomic E-state index is 12.2. The van der Waals surface area contributed by atoms with Crippen molar-refractivity contribution in [1.29, 1.82) is 0 Å². The third-order valence-corrected chi connectivity index (χ3v) is 4.67. The van der Waals surface area contributed by atoms with Gasteiger partial charge in [-0.25, -0.2) is 0 Å². The van der Waals surface area contributed by atoms with Gasteiger partial charge in [-0.15, -0.1) is 0 Å². The van der Waals surface area contributed by atoms with Gasteiger partial charge < -0.3 is 9.47 Å². The predicted octanol–water partition coefficient (Wildman–Crippen LogP) is 5.53. The highest BCUT2D eigenvalue weighted by Crippen LogP contribution is 2.21. The van der Waals surface area contributed by atoms with Crippen molar-refractivity contribution in [1.82, 2.24) is 0 Å². The van der Waals surface area contributed by atoms with E-state index in [4.69, 9.17) is 9.47 Å². The lowest BCUT2D eigenvalue weighted by molar-refractivity contribution is -0.158. The predicted molar refractivity (Wildman–Crippen MR) is 102 cm³/mol. The summed E-state index contributed by atoms with van der Waals surface area (Å²) in [5.74, 6) is -0.275. The van der Waals surface area contributed by atoms with Crippen LogP contribution in [0.5, 0.6) is 0 Å². The molecule has 0 rings (SSSR count).